The Balaban J connectivity index is 1.77. The molecule has 0 spiro atoms. The molecule has 0 radical (unpaired) electrons. The number of carbonyl (C=O) groups excluding carboxylic acids is 2. The van der Waals surface area contributed by atoms with Gasteiger partial charge in [-0.05, 0) is 37.5 Å². The summed E-state index contributed by atoms with van der Waals surface area (Å²) in [5.41, 5.74) is 1.67. The lowest BCUT2D eigenvalue weighted by atomic mass is 10.1. The Kier molecular flexibility index (Phi) is 5.60. The van der Waals surface area contributed by atoms with E-state index in [1.165, 1.54) is 13.3 Å². The Morgan fingerprint density at radius 2 is 1.86 bits per heavy atom. The third-order valence-electron chi connectivity index (χ3n) is 3.56. The molecule has 1 heterocycles. The van der Waals surface area contributed by atoms with Gasteiger partial charge in [-0.2, -0.15) is 0 Å². The number of nitrogens with zero attached hydrogens (tertiary/aromatic N) is 1. The largest absolute Gasteiger partial charge is 0.384 e. The van der Waals surface area contributed by atoms with Gasteiger partial charge in [0.25, 0.3) is 0 Å². The summed E-state index contributed by atoms with van der Waals surface area (Å²) >= 11 is 0. The fourth-order valence-corrected chi connectivity index (χ4v) is 2.53. The first-order valence-electron chi connectivity index (χ1n) is 7.54. The molecule has 1 aliphatic heterocycles. The fraction of sp³-hybridized carbons (Fsp3) is 0.500. The highest BCUT2D eigenvalue weighted by atomic mass is 16.2. The topological polar surface area (TPSA) is 61.4 Å². The first-order chi connectivity index (χ1) is 10.1. The molecule has 2 N–H and O–H groups in total. The molecule has 21 heavy (non-hydrogen) atoms. The summed E-state index contributed by atoms with van der Waals surface area (Å²) in [6.07, 6.45) is 3.98. The summed E-state index contributed by atoms with van der Waals surface area (Å²) in [4.78, 5) is 25.0. The van der Waals surface area contributed by atoms with Gasteiger partial charge in [0.15, 0.2) is 0 Å². The average Bonchev–Trinajstić information content (AvgIpc) is 2.48. The van der Waals surface area contributed by atoms with Crippen LogP contribution in [0.4, 0.5) is 11.4 Å². The summed E-state index contributed by atoms with van der Waals surface area (Å²) < 4.78 is 0. The second-order valence-electron chi connectivity index (χ2n) is 5.38. The SMILES string of the molecule is CC(=O)Nc1cccc(NCCC(=O)N2CCCCC2)c1. The van der Waals surface area contributed by atoms with Gasteiger partial charge < -0.3 is 15.5 Å². The van der Waals surface area contributed by atoms with Gasteiger partial charge >= 0.3 is 0 Å². The zero-order chi connectivity index (χ0) is 15.1. The zero-order valence-corrected chi connectivity index (χ0v) is 12.5. The van der Waals surface area contributed by atoms with Crippen molar-refractivity contribution in [3.8, 4) is 0 Å². The van der Waals surface area contributed by atoms with Crippen LogP contribution in [-0.4, -0.2) is 36.3 Å². The van der Waals surface area contributed by atoms with Crippen LogP contribution in [0.3, 0.4) is 0 Å². The van der Waals surface area contributed by atoms with E-state index in [4.69, 9.17) is 0 Å². The molecule has 0 aromatic heterocycles. The van der Waals surface area contributed by atoms with Gasteiger partial charge in [0.2, 0.25) is 11.8 Å². The highest BCUT2D eigenvalue weighted by Crippen LogP contribution is 2.15. The van der Waals surface area contributed by atoms with Gasteiger partial charge in [-0.3, -0.25) is 9.59 Å². The average molecular weight is 289 g/mol. The van der Waals surface area contributed by atoms with E-state index in [2.05, 4.69) is 10.6 Å². The van der Waals surface area contributed by atoms with E-state index in [0.29, 0.717) is 13.0 Å². The molecule has 0 bridgehead atoms. The number of nitrogens with one attached hydrogen (secondary N) is 2. The minimum absolute atomic E-state index is 0.0903. The molecule has 1 saturated heterocycles. The van der Waals surface area contributed by atoms with Crippen molar-refractivity contribution in [1.82, 2.24) is 4.90 Å². The molecule has 0 saturated carbocycles. The number of anilines is 2. The van der Waals surface area contributed by atoms with E-state index in [-0.39, 0.29) is 11.8 Å². The number of carbonyl (C=O) groups is 2. The van der Waals surface area contributed by atoms with Crippen molar-refractivity contribution < 1.29 is 9.59 Å². The van der Waals surface area contributed by atoms with Crippen molar-refractivity contribution in [3.05, 3.63) is 24.3 Å². The maximum Gasteiger partial charge on any atom is 0.224 e. The molecule has 1 aliphatic rings. The van der Waals surface area contributed by atoms with Gasteiger partial charge in [0, 0.05) is 44.4 Å². The monoisotopic (exact) mass is 289 g/mol. The standard InChI is InChI=1S/C16H23N3O2/c1-13(20)18-15-7-5-6-14(12-15)17-9-8-16(21)19-10-3-2-4-11-19/h5-7,12,17H,2-4,8-11H2,1H3,(H,18,20). The Bertz CT molecular complexity index is 496. The number of hydrogen-bond acceptors (Lipinski definition) is 3. The molecular formula is C16H23N3O2. The quantitative estimate of drug-likeness (QED) is 0.875. The van der Waals surface area contributed by atoms with E-state index in [1.807, 2.05) is 29.2 Å². The molecular weight excluding hydrogens is 266 g/mol. The van der Waals surface area contributed by atoms with Crippen molar-refractivity contribution >= 4 is 23.2 Å². The van der Waals surface area contributed by atoms with Crippen LogP contribution in [0.5, 0.6) is 0 Å². The van der Waals surface area contributed by atoms with Crippen LogP contribution in [0.25, 0.3) is 0 Å². The van der Waals surface area contributed by atoms with Crippen LogP contribution in [0, 0.1) is 0 Å². The summed E-state index contributed by atoms with van der Waals surface area (Å²) in [7, 11) is 0. The van der Waals surface area contributed by atoms with E-state index < -0.39 is 0 Å². The Hall–Kier alpha value is -2.04. The second kappa shape index (κ2) is 7.67. The van der Waals surface area contributed by atoms with Crippen molar-refractivity contribution in [2.24, 2.45) is 0 Å². The maximum atomic E-state index is 12.0. The van der Waals surface area contributed by atoms with Crippen molar-refractivity contribution in [3.63, 3.8) is 0 Å². The molecule has 0 unspecified atom stereocenters. The summed E-state index contributed by atoms with van der Waals surface area (Å²) in [5, 5.41) is 5.97. The molecule has 114 valence electrons. The van der Waals surface area contributed by atoms with Crippen LogP contribution in [0.2, 0.25) is 0 Å². The maximum absolute atomic E-state index is 12.0. The van der Waals surface area contributed by atoms with Crippen molar-refractivity contribution in [2.75, 3.05) is 30.3 Å². The Morgan fingerprint density at radius 3 is 2.57 bits per heavy atom. The minimum Gasteiger partial charge on any atom is -0.384 e. The van der Waals surface area contributed by atoms with Crippen LogP contribution in [0.15, 0.2) is 24.3 Å². The first-order valence-corrected chi connectivity index (χ1v) is 7.54. The fourth-order valence-electron chi connectivity index (χ4n) is 2.53. The predicted molar refractivity (Wildman–Crippen MR) is 84.3 cm³/mol. The molecule has 5 nitrogen and oxygen atoms in total. The molecule has 0 aliphatic carbocycles. The van der Waals surface area contributed by atoms with Gasteiger partial charge in [-0.15, -0.1) is 0 Å². The van der Waals surface area contributed by atoms with Crippen molar-refractivity contribution in [2.45, 2.75) is 32.6 Å². The minimum atomic E-state index is -0.0903. The van der Waals surface area contributed by atoms with Crippen LogP contribution in [0.1, 0.15) is 32.6 Å². The molecule has 1 fully saturated rings. The zero-order valence-electron chi connectivity index (χ0n) is 12.5. The predicted octanol–water partition coefficient (Wildman–Crippen LogP) is 2.46. The molecule has 2 rings (SSSR count). The second-order valence-corrected chi connectivity index (χ2v) is 5.38. The summed E-state index contributed by atoms with van der Waals surface area (Å²) in [6, 6.07) is 7.51. The van der Waals surface area contributed by atoms with Crippen molar-refractivity contribution in [1.29, 1.82) is 0 Å². The highest BCUT2D eigenvalue weighted by molar-refractivity contribution is 5.89. The van der Waals surface area contributed by atoms with Gasteiger partial charge in [-0.1, -0.05) is 6.07 Å². The normalized spacial score (nSPS) is 14.6. The number of likely N-dealkylation sites (tertiary alicyclic amines) is 1. The molecule has 1 aromatic carbocycles. The Labute approximate surface area is 125 Å². The van der Waals surface area contributed by atoms with E-state index in [1.54, 1.807) is 0 Å². The number of hydrogen-bond donors (Lipinski definition) is 2. The summed E-state index contributed by atoms with van der Waals surface area (Å²) in [6.45, 7) is 3.89. The molecule has 2 amide bonds. The third kappa shape index (κ3) is 5.10. The van der Waals surface area contributed by atoms with E-state index >= 15 is 0 Å². The first kappa shape index (κ1) is 15.4. The number of rotatable bonds is 5. The Morgan fingerprint density at radius 1 is 1.14 bits per heavy atom. The molecule has 0 atom stereocenters. The lowest BCUT2D eigenvalue weighted by Gasteiger charge is -2.26. The third-order valence-corrected chi connectivity index (χ3v) is 3.56. The number of piperidine rings is 1. The van der Waals surface area contributed by atoms with Crippen LogP contribution in [-0.2, 0) is 9.59 Å². The molecule has 1 aromatic rings. The van der Waals surface area contributed by atoms with Gasteiger partial charge in [0.1, 0.15) is 0 Å². The van der Waals surface area contributed by atoms with Gasteiger partial charge in [-0.25, -0.2) is 0 Å². The smallest absolute Gasteiger partial charge is 0.224 e. The highest BCUT2D eigenvalue weighted by Gasteiger charge is 2.15. The van der Waals surface area contributed by atoms with Crippen LogP contribution < -0.4 is 10.6 Å². The number of benzene rings is 1. The molecule has 5 heteroatoms. The van der Waals surface area contributed by atoms with E-state index in [0.717, 1.165) is 37.3 Å². The number of amides is 2. The van der Waals surface area contributed by atoms with E-state index in [9.17, 15) is 9.59 Å². The van der Waals surface area contributed by atoms with Crippen LogP contribution >= 0.6 is 0 Å². The van der Waals surface area contributed by atoms with Gasteiger partial charge in [0.05, 0.1) is 0 Å². The summed E-state index contributed by atoms with van der Waals surface area (Å²) in [5.74, 6) is 0.132. The lowest BCUT2D eigenvalue weighted by molar-refractivity contribution is -0.131. The lowest BCUT2D eigenvalue weighted by Crippen LogP contribution is -2.36.